The molecule has 2 aromatic carbocycles. The van der Waals surface area contributed by atoms with E-state index in [-0.39, 0.29) is 4.90 Å². The molecule has 1 aliphatic heterocycles. The summed E-state index contributed by atoms with van der Waals surface area (Å²) < 4.78 is 33.9. The third-order valence-electron chi connectivity index (χ3n) is 4.93. The first-order valence-corrected chi connectivity index (χ1v) is 10.6. The number of hydrogen-bond donors (Lipinski definition) is 2. The minimum atomic E-state index is -3.77. The monoisotopic (exact) mass is 419 g/mol. The Morgan fingerprint density at radius 1 is 1.07 bits per heavy atom. The van der Waals surface area contributed by atoms with E-state index in [0.717, 1.165) is 16.3 Å². The predicted octanol–water partition coefficient (Wildman–Crippen LogP) is 1.75. The Balaban J connectivity index is 1.44. The topological polar surface area (TPSA) is 114 Å². The van der Waals surface area contributed by atoms with E-state index < -0.39 is 10.0 Å². The predicted molar refractivity (Wildman–Crippen MR) is 113 cm³/mol. The maximum Gasteiger partial charge on any atom is 0.262 e. The van der Waals surface area contributed by atoms with Crippen LogP contribution in [0, 0.1) is 0 Å². The molecule has 0 unspecified atom stereocenters. The van der Waals surface area contributed by atoms with Crippen LogP contribution in [0.2, 0.25) is 0 Å². The molecule has 0 radical (unpaired) electrons. The van der Waals surface area contributed by atoms with Gasteiger partial charge in [-0.3, -0.25) is 9.71 Å². The summed E-state index contributed by atoms with van der Waals surface area (Å²) in [6.45, 7) is 0.321. The van der Waals surface area contributed by atoms with Crippen LogP contribution in [0.4, 0.5) is 11.4 Å². The van der Waals surface area contributed by atoms with Gasteiger partial charge in [0.2, 0.25) is 5.55 Å². The van der Waals surface area contributed by atoms with Gasteiger partial charge in [0.1, 0.15) is 12.5 Å². The van der Waals surface area contributed by atoms with Crippen LogP contribution >= 0.6 is 0 Å². The van der Waals surface area contributed by atoms with Crippen molar-refractivity contribution in [1.29, 1.82) is 0 Å². The summed E-state index contributed by atoms with van der Waals surface area (Å²) in [5, 5.41) is 2.11. The number of rotatable bonds is 4. The molecule has 4 aromatic rings. The van der Waals surface area contributed by atoms with Crippen LogP contribution in [0.1, 0.15) is 0 Å². The van der Waals surface area contributed by atoms with Crippen molar-refractivity contribution < 1.29 is 12.8 Å². The van der Waals surface area contributed by atoms with Gasteiger partial charge in [-0.05, 0) is 42.5 Å². The van der Waals surface area contributed by atoms with Crippen molar-refractivity contribution in [1.82, 2.24) is 4.98 Å². The molecule has 5 rings (SSSR count). The van der Waals surface area contributed by atoms with Crippen LogP contribution in [-0.2, 0) is 10.0 Å². The first-order valence-electron chi connectivity index (χ1n) is 9.14. The number of nitrogens with two attached hydrogens (primary N) is 1. The molecule has 3 N–H and O–H groups in total. The first kappa shape index (κ1) is 18.2. The van der Waals surface area contributed by atoms with E-state index in [4.69, 9.17) is 10.2 Å². The van der Waals surface area contributed by atoms with Gasteiger partial charge < -0.3 is 15.1 Å². The summed E-state index contributed by atoms with van der Waals surface area (Å²) in [6, 6.07) is 15.5. The molecule has 150 valence electrons. The molecule has 3 heterocycles. The van der Waals surface area contributed by atoms with E-state index in [2.05, 4.69) is 14.7 Å². The smallest absolute Gasteiger partial charge is 0.262 e. The highest BCUT2D eigenvalue weighted by atomic mass is 32.2. The van der Waals surface area contributed by atoms with E-state index in [0.29, 0.717) is 29.1 Å². The second-order valence-corrected chi connectivity index (χ2v) is 8.41. The van der Waals surface area contributed by atoms with Crippen molar-refractivity contribution in [2.24, 2.45) is 10.7 Å². The Hall–Kier alpha value is -3.85. The maximum absolute atomic E-state index is 13.0. The molecule has 0 atom stereocenters. The normalized spacial score (nSPS) is 13.7. The number of nitrogens with zero attached hydrogens (tertiary/aromatic N) is 3. The summed E-state index contributed by atoms with van der Waals surface area (Å²) in [5.41, 5.74) is 7.99. The SMILES string of the molecule is NC1=c2ccoc2=NCN1c1ccc(NS(=O)(=O)c2cccc3cnccc23)cc1. The molecule has 8 nitrogen and oxygen atoms in total. The lowest BCUT2D eigenvalue weighted by atomic mass is 10.2. The van der Waals surface area contributed by atoms with Gasteiger partial charge in [-0.25, -0.2) is 13.4 Å². The zero-order chi connectivity index (χ0) is 20.7. The summed E-state index contributed by atoms with van der Waals surface area (Å²) in [4.78, 5) is 10.4. The average Bonchev–Trinajstić information content (AvgIpc) is 3.24. The van der Waals surface area contributed by atoms with Gasteiger partial charge in [0.25, 0.3) is 10.0 Å². The largest absolute Gasteiger partial charge is 0.446 e. The molecular formula is C21H17N5O3S. The van der Waals surface area contributed by atoms with Crippen LogP contribution in [0.15, 0.2) is 87.6 Å². The number of nitrogens with one attached hydrogen (secondary N) is 1. The molecule has 0 amide bonds. The zero-order valence-electron chi connectivity index (χ0n) is 15.7. The second kappa shape index (κ2) is 6.89. The van der Waals surface area contributed by atoms with Crippen molar-refractivity contribution in [3.05, 3.63) is 84.0 Å². The lowest BCUT2D eigenvalue weighted by Crippen LogP contribution is -2.42. The zero-order valence-corrected chi connectivity index (χ0v) is 16.5. The van der Waals surface area contributed by atoms with Gasteiger partial charge in [-0.2, -0.15) is 0 Å². The Bertz CT molecular complexity index is 1470. The number of sulfonamides is 1. The lowest BCUT2D eigenvalue weighted by Gasteiger charge is -2.24. The summed E-state index contributed by atoms with van der Waals surface area (Å²) >= 11 is 0. The van der Waals surface area contributed by atoms with Crippen LogP contribution in [0.5, 0.6) is 0 Å². The van der Waals surface area contributed by atoms with Crippen LogP contribution < -0.4 is 26.1 Å². The summed E-state index contributed by atoms with van der Waals surface area (Å²) in [6.07, 6.45) is 4.76. The number of benzene rings is 2. The van der Waals surface area contributed by atoms with Crippen molar-refractivity contribution in [3.63, 3.8) is 0 Å². The van der Waals surface area contributed by atoms with Crippen LogP contribution in [-0.4, -0.2) is 20.1 Å². The number of aromatic nitrogens is 1. The minimum absolute atomic E-state index is 0.200. The highest BCUT2D eigenvalue weighted by Gasteiger charge is 2.19. The van der Waals surface area contributed by atoms with Crippen molar-refractivity contribution in [2.45, 2.75) is 4.90 Å². The lowest BCUT2D eigenvalue weighted by molar-refractivity contribution is 0.500. The number of furan rings is 1. The summed E-state index contributed by atoms with van der Waals surface area (Å²) in [5.74, 6) is 0.534. The van der Waals surface area contributed by atoms with Crippen molar-refractivity contribution >= 4 is 38.0 Å². The van der Waals surface area contributed by atoms with Crippen molar-refractivity contribution in [2.75, 3.05) is 16.3 Å². The number of fused-ring (bicyclic) bond motifs is 2. The molecule has 30 heavy (non-hydrogen) atoms. The molecule has 0 spiro atoms. The van der Waals surface area contributed by atoms with Gasteiger partial charge in [-0.15, -0.1) is 0 Å². The standard InChI is InChI=1S/C21H17N5O3S/c22-20-18-9-11-29-21(18)24-13-26(20)16-6-4-15(5-7-16)25-30(27,28)19-3-1-2-14-12-23-10-8-17(14)19/h1-12,25H,13,22H2. The van der Waals surface area contributed by atoms with E-state index in [1.165, 1.54) is 0 Å². The maximum atomic E-state index is 13.0. The Morgan fingerprint density at radius 2 is 1.90 bits per heavy atom. The van der Waals surface area contributed by atoms with Gasteiger partial charge in [0.05, 0.1) is 16.4 Å². The van der Waals surface area contributed by atoms with E-state index in [9.17, 15) is 8.42 Å². The van der Waals surface area contributed by atoms with Gasteiger partial charge in [-0.1, -0.05) is 12.1 Å². The third-order valence-corrected chi connectivity index (χ3v) is 6.37. The fraction of sp³-hybridized carbons (Fsp3) is 0.0476. The first-order chi connectivity index (χ1) is 14.5. The molecule has 2 aromatic heterocycles. The molecule has 0 saturated heterocycles. The minimum Gasteiger partial charge on any atom is -0.446 e. The average molecular weight is 419 g/mol. The Labute approximate surface area is 172 Å². The number of pyridine rings is 1. The van der Waals surface area contributed by atoms with Gasteiger partial charge in [0, 0.05) is 34.5 Å². The van der Waals surface area contributed by atoms with Crippen LogP contribution in [0.3, 0.4) is 0 Å². The number of hydrogen-bond acceptors (Lipinski definition) is 7. The van der Waals surface area contributed by atoms with Gasteiger partial charge >= 0.3 is 0 Å². The Morgan fingerprint density at radius 3 is 2.73 bits per heavy atom. The summed E-state index contributed by atoms with van der Waals surface area (Å²) in [7, 11) is -3.77. The third kappa shape index (κ3) is 3.05. The Kier molecular flexibility index (Phi) is 4.18. The van der Waals surface area contributed by atoms with Gasteiger partial charge in [0.15, 0.2) is 0 Å². The highest BCUT2D eigenvalue weighted by Crippen LogP contribution is 2.26. The van der Waals surface area contributed by atoms with E-state index in [1.807, 2.05) is 11.0 Å². The molecule has 0 aliphatic carbocycles. The van der Waals surface area contributed by atoms with E-state index in [1.54, 1.807) is 67.2 Å². The fourth-order valence-electron chi connectivity index (χ4n) is 3.44. The molecule has 0 bridgehead atoms. The molecular weight excluding hydrogens is 402 g/mol. The quantitative estimate of drug-likeness (QED) is 0.521. The van der Waals surface area contributed by atoms with Crippen LogP contribution in [0.25, 0.3) is 16.6 Å². The highest BCUT2D eigenvalue weighted by molar-refractivity contribution is 7.93. The van der Waals surface area contributed by atoms with E-state index >= 15 is 0 Å². The number of anilines is 2. The molecule has 1 aliphatic rings. The fourth-order valence-corrected chi connectivity index (χ4v) is 4.73. The molecule has 0 fully saturated rings. The molecule has 9 heteroatoms. The van der Waals surface area contributed by atoms with Crippen molar-refractivity contribution in [3.8, 4) is 0 Å². The second-order valence-electron chi connectivity index (χ2n) is 6.76. The molecule has 0 saturated carbocycles.